The molecule has 0 bridgehead atoms. The Balaban J connectivity index is 2.17. The first-order valence-corrected chi connectivity index (χ1v) is 6.88. The van der Waals surface area contributed by atoms with Crippen LogP contribution in [-0.4, -0.2) is 31.0 Å². The molecule has 0 radical (unpaired) electrons. The lowest BCUT2D eigenvalue weighted by atomic mass is 10.1. The average Bonchev–Trinajstić information content (AvgIpc) is 2.47. The molecule has 0 spiro atoms. The number of ether oxygens (including phenoxy) is 1. The van der Waals surface area contributed by atoms with E-state index in [1.807, 2.05) is 23.1 Å². The van der Waals surface area contributed by atoms with Crippen molar-refractivity contribution in [3.63, 3.8) is 0 Å². The Morgan fingerprint density at radius 2 is 2.25 bits per heavy atom. The molecule has 1 amide bonds. The number of carbonyl (C=O) groups is 1. The van der Waals surface area contributed by atoms with E-state index in [2.05, 4.69) is 11.8 Å². The van der Waals surface area contributed by atoms with Gasteiger partial charge in [0.2, 0.25) is 5.91 Å². The van der Waals surface area contributed by atoms with Crippen LogP contribution in [0.2, 0.25) is 0 Å². The number of nitrogens with zero attached hydrogens (tertiary/aromatic N) is 1. The number of methoxy groups -OCH3 is 1. The first-order valence-electron chi connectivity index (χ1n) is 6.88. The monoisotopic (exact) mass is 272 g/mol. The summed E-state index contributed by atoms with van der Waals surface area (Å²) >= 11 is 0. The molecule has 0 unspecified atom stereocenters. The van der Waals surface area contributed by atoms with Crippen molar-refractivity contribution in [2.24, 2.45) is 5.73 Å². The van der Waals surface area contributed by atoms with Crippen molar-refractivity contribution < 1.29 is 9.53 Å². The molecule has 20 heavy (non-hydrogen) atoms. The molecule has 2 rings (SSSR count). The highest BCUT2D eigenvalue weighted by Crippen LogP contribution is 2.21. The van der Waals surface area contributed by atoms with Gasteiger partial charge in [-0.05, 0) is 30.5 Å². The zero-order valence-corrected chi connectivity index (χ0v) is 11.8. The standard InChI is InChI=1S/C16H20N2O2/c1-20-15-8-7-13(11-14(15)5-4-9-17)12-18-10-3-2-6-16(18)19/h7-8,11H,2-3,6,9-10,12,17H2,1H3. The van der Waals surface area contributed by atoms with Crippen molar-refractivity contribution in [2.45, 2.75) is 25.8 Å². The fraction of sp³-hybridized carbons (Fsp3) is 0.438. The van der Waals surface area contributed by atoms with Gasteiger partial charge in [-0.25, -0.2) is 0 Å². The second-order valence-corrected chi connectivity index (χ2v) is 4.81. The quantitative estimate of drug-likeness (QED) is 0.849. The number of hydrogen-bond donors (Lipinski definition) is 1. The van der Waals surface area contributed by atoms with Gasteiger partial charge in [0, 0.05) is 19.5 Å². The lowest BCUT2D eigenvalue weighted by Crippen LogP contribution is -2.34. The number of hydrogen-bond acceptors (Lipinski definition) is 3. The molecule has 2 N–H and O–H groups in total. The first kappa shape index (κ1) is 14.4. The van der Waals surface area contributed by atoms with Crippen LogP contribution in [0.15, 0.2) is 18.2 Å². The number of carbonyl (C=O) groups excluding carboxylic acids is 1. The van der Waals surface area contributed by atoms with E-state index >= 15 is 0 Å². The van der Waals surface area contributed by atoms with Gasteiger partial charge < -0.3 is 15.4 Å². The minimum atomic E-state index is 0.238. The third-order valence-electron chi connectivity index (χ3n) is 3.38. The summed E-state index contributed by atoms with van der Waals surface area (Å²) in [7, 11) is 1.62. The molecule has 0 aliphatic carbocycles. The number of piperidine rings is 1. The van der Waals surface area contributed by atoms with Crippen LogP contribution in [0.25, 0.3) is 0 Å². The van der Waals surface area contributed by atoms with Gasteiger partial charge in [-0.15, -0.1) is 0 Å². The summed E-state index contributed by atoms with van der Waals surface area (Å²) in [5.41, 5.74) is 7.30. The van der Waals surface area contributed by atoms with Crippen LogP contribution in [0, 0.1) is 11.8 Å². The zero-order chi connectivity index (χ0) is 14.4. The van der Waals surface area contributed by atoms with Gasteiger partial charge in [-0.3, -0.25) is 4.79 Å². The van der Waals surface area contributed by atoms with E-state index in [1.54, 1.807) is 7.11 Å². The van der Waals surface area contributed by atoms with Crippen LogP contribution in [0.5, 0.6) is 5.75 Å². The summed E-state index contributed by atoms with van der Waals surface area (Å²) in [4.78, 5) is 13.7. The average molecular weight is 272 g/mol. The van der Waals surface area contributed by atoms with Crippen molar-refractivity contribution in [1.29, 1.82) is 0 Å². The Bertz CT molecular complexity index is 543. The van der Waals surface area contributed by atoms with Gasteiger partial charge in [0.1, 0.15) is 5.75 Å². The van der Waals surface area contributed by atoms with Gasteiger partial charge in [0.25, 0.3) is 0 Å². The van der Waals surface area contributed by atoms with Crippen molar-refractivity contribution in [1.82, 2.24) is 4.90 Å². The van der Waals surface area contributed by atoms with Gasteiger partial charge >= 0.3 is 0 Å². The molecule has 106 valence electrons. The third-order valence-corrected chi connectivity index (χ3v) is 3.38. The Hall–Kier alpha value is -1.99. The minimum absolute atomic E-state index is 0.238. The summed E-state index contributed by atoms with van der Waals surface area (Å²) in [6, 6.07) is 5.85. The molecule has 0 saturated carbocycles. The normalized spacial score (nSPS) is 14.7. The maximum atomic E-state index is 11.8. The molecular formula is C16H20N2O2. The Morgan fingerprint density at radius 1 is 1.40 bits per heavy atom. The van der Waals surface area contributed by atoms with Crippen LogP contribution >= 0.6 is 0 Å². The molecule has 4 nitrogen and oxygen atoms in total. The van der Waals surface area contributed by atoms with Crippen molar-refractivity contribution in [2.75, 3.05) is 20.2 Å². The van der Waals surface area contributed by atoms with Crippen LogP contribution in [0.4, 0.5) is 0 Å². The van der Waals surface area contributed by atoms with Gasteiger partial charge in [-0.2, -0.15) is 0 Å². The van der Waals surface area contributed by atoms with E-state index in [4.69, 9.17) is 10.5 Å². The molecular weight excluding hydrogens is 252 g/mol. The van der Waals surface area contributed by atoms with Crippen LogP contribution in [0.1, 0.15) is 30.4 Å². The number of likely N-dealkylation sites (tertiary alicyclic amines) is 1. The molecule has 0 atom stereocenters. The van der Waals surface area contributed by atoms with Crippen LogP contribution < -0.4 is 10.5 Å². The lowest BCUT2D eigenvalue weighted by Gasteiger charge is -2.26. The summed E-state index contributed by atoms with van der Waals surface area (Å²) in [6.07, 6.45) is 2.75. The summed E-state index contributed by atoms with van der Waals surface area (Å²) in [5, 5.41) is 0. The first-order chi connectivity index (χ1) is 9.74. The summed E-state index contributed by atoms with van der Waals surface area (Å²) in [5.74, 6) is 6.82. The SMILES string of the molecule is COc1ccc(CN2CCCCC2=O)cc1C#CCN. The zero-order valence-electron chi connectivity index (χ0n) is 11.8. The highest BCUT2D eigenvalue weighted by molar-refractivity contribution is 5.76. The molecule has 1 heterocycles. The number of rotatable bonds is 3. The highest BCUT2D eigenvalue weighted by Gasteiger charge is 2.18. The Morgan fingerprint density at radius 3 is 2.95 bits per heavy atom. The molecule has 1 fully saturated rings. The second kappa shape index (κ2) is 6.97. The second-order valence-electron chi connectivity index (χ2n) is 4.81. The smallest absolute Gasteiger partial charge is 0.222 e. The Labute approximate surface area is 119 Å². The number of nitrogens with two attached hydrogens (primary N) is 1. The maximum Gasteiger partial charge on any atom is 0.222 e. The van der Waals surface area contributed by atoms with E-state index in [-0.39, 0.29) is 5.91 Å². The van der Waals surface area contributed by atoms with E-state index in [9.17, 15) is 4.79 Å². The summed E-state index contributed by atoms with van der Waals surface area (Å²) in [6.45, 7) is 1.80. The topological polar surface area (TPSA) is 55.6 Å². The lowest BCUT2D eigenvalue weighted by molar-refractivity contribution is -0.133. The number of amides is 1. The number of benzene rings is 1. The molecule has 1 aromatic rings. The predicted octanol–water partition coefficient (Wildman–Crippen LogP) is 1.52. The molecule has 1 aromatic carbocycles. The van der Waals surface area contributed by atoms with E-state index in [0.717, 1.165) is 36.3 Å². The van der Waals surface area contributed by atoms with Gasteiger partial charge in [0.15, 0.2) is 0 Å². The van der Waals surface area contributed by atoms with Crippen molar-refractivity contribution in [3.8, 4) is 17.6 Å². The van der Waals surface area contributed by atoms with E-state index in [1.165, 1.54) is 0 Å². The third kappa shape index (κ3) is 3.52. The highest BCUT2D eigenvalue weighted by atomic mass is 16.5. The van der Waals surface area contributed by atoms with E-state index in [0.29, 0.717) is 19.5 Å². The largest absolute Gasteiger partial charge is 0.495 e. The molecule has 1 saturated heterocycles. The Kier molecular flexibility index (Phi) is 5.03. The fourth-order valence-corrected chi connectivity index (χ4v) is 2.35. The van der Waals surface area contributed by atoms with Crippen molar-refractivity contribution >= 4 is 5.91 Å². The van der Waals surface area contributed by atoms with Gasteiger partial charge in [-0.1, -0.05) is 17.9 Å². The minimum Gasteiger partial charge on any atom is -0.495 e. The van der Waals surface area contributed by atoms with Crippen LogP contribution in [0.3, 0.4) is 0 Å². The van der Waals surface area contributed by atoms with Crippen molar-refractivity contribution in [3.05, 3.63) is 29.3 Å². The van der Waals surface area contributed by atoms with Crippen LogP contribution in [-0.2, 0) is 11.3 Å². The predicted molar refractivity (Wildman–Crippen MR) is 78.2 cm³/mol. The molecule has 0 aromatic heterocycles. The molecule has 1 aliphatic heterocycles. The van der Waals surface area contributed by atoms with Gasteiger partial charge in [0.05, 0.1) is 19.2 Å². The maximum absolute atomic E-state index is 11.8. The molecule has 4 heteroatoms. The van der Waals surface area contributed by atoms with E-state index < -0.39 is 0 Å². The molecule has 1 aliphatic rings. The fourth-order valence-electron chi connectivity index (χ4n) is 2.35. The summed E-state index contributed by atoms with van der Waals surface area (Å²) < 4.78 is 5.28.